The van der Waals surface area contributed by atoms with E-state index in [1.165, 1.54) is 5.56 Å². The molecule has 1 heterocycles. The van der Waals surface area contributed by atoms with Crippen LogP contribution in [0.4, 0.5) is 0 Å². The Hall–Kier alpha value is 0.326. The largest absolute Gasteiger partial charge is 1.00 e. The Bertz CT molecular complexity index is 354. The molecule has 0 unspecified atom stereocenters. The topological polar surface area (TPSA) is 27.0 Å². The molecule has 11 heavy (non-hydrogen) atoms. The molecule has 0 aliphatic heterocycles. The van der Waals surface area contributed by atoms with Gasteiger partial charge in [-0.15, -0.1) is 0 Å². The molecule has 3 heteroatoms. The SMILES string of the molecule is Cc1ccc2[n-]cnc2c1.[K+]. The van der Waals surface area contributed by atoms with Crippen LogP contribution >= 0.6 is 0 Å². The van der Waals surface area contributed by atoms with Gasteiger partial charge in [-0.3, -0.25) is 0 Å². The second kappa shape index (κ2) is 3.82. The molecule has 50 valence electrons. The molecular formula is C8H7KN2. The molecule has 0 spiro atoms. The van der Waals surface area contributed by atoms with E-state index in [4.69, 9.17) is 0 Å². The van der Waals surface area contributed by atoms with Crippen molar-refractivity contribution in [1.29, 1.82) is 0 Å². The summed E-state index contributed by atoms with van der Waals surface area (Å²) >= 11 is 0. The molecule has 0 amide bonds. The fourth-order valence-corrected chi connectivity index (χ4v) is 0.999. The van der Waals surface area contributed by atoms with Gasteiger partial charge in [0, 0.05) is 0 Å². The number of fused-ring (bicyclic) bond motifs is 1. The Balaban J connectivity index is 0.000000605. The van der Waals surface area contributed by atoms with Crippen molar-refractivity contribution in [3.8, 4) is 0 Å². The molecule has 0 fully saturated rings. The maximum atomic E-state index is 4.07. The summed E-state index contributed by atoms with van der Waals surface area (Å²) in [6, 6.07) is 6.05. The van der Waals surface area contributed by atoms with Crippen molar-refractivity contribution in [3.05, 3.63) is 30.1 Å². The molecule has 2 aromatic rings. The molecule has 0 saturated carbocycles. The van der Waals surface area contributed by atoms with Crippen LogP contribution in [0.25, 0.3) is 11.0 Å². The summed E-state index contributed by atoms with van der Waals surface area (Å²) in [6.45, 7) is 2.05. The first kappa shape index (κ1) is 9.41. The zero-order valence-electron chi connectivity index (χ0n) is 6.70. The fourth-order valence-electron chi connectivity index (χ4n) is 0.999. The van der Waals surface area contributed by atoms with Crippen molar-refractivity contribution >= 4 is 11.0 Å². The second-order valence-corrected chi connectivity index (χ2v) is 2.37. The summed E-state index contributed by atoms with van der Waals surface area (Å²) in [5.74, 6) is 0. The van der Waals surface area contributed by atoms with Crippen LogP contribution in [-0.2, 0) is 0 Å². The number of nitrogens with zero attached hydrogens (tertiary/aromatic N) is 2. The van der Waals surface area contributed by atoms with Crippen molar-refractivity contribution in [2.24, 2.45) is 0 Å². The normalized spacial score (nSPS) is 9.55. The van der Waals surface area contributed by atoms with E-state index in [2.05, 4.69) is 9.97 Å². The molecule has 2 nitrogen and oxygen atoms in total. The minimum Gasteiger partial charge on any atom is -0.443 e. The van der Waals surface area contributed by atoms with Crippen LogP contribution in [0.2, 0.25) is 0 Å². The van der Waals surface area contributed by atoms with Crippen molar-refractivity contribution < 1.29 is 51.4 Å². The minimum absolute atomic E-state index is 0. The van der Waals surface area contributed by atoms with Crippen molar-refractivity contribution in [2.45, 2.75) is 6.92 Å². The van der Waals surface area contributed by atoms with Crippen molar-refractivity contribution in [2.75, 3.05) is 0 Å². The molecule has 0 saturated heterocycles. The Morgan fingerprint density at radius 1 is 1.36 bits per heavy atom. The van der Waals surface area contributed by atoms with Gasteiger partial charge in [0.1, 0.15) is 0 Å². The molecule has 0 bridgehead atoms. The van der Waals surface area contributed by atoms with Gasteiger partial charge in [0.2, 0.25) is 0 Å². The number of aryl methyl sites for hydroxylation is 1. The van der Waals surface area contributed by atoms with Crippen LogP contribution in [0, 0.1) is 6.92 Å². The fraction of sp³-hybridized carbons (Fsp3) is 0.125. The summed E-state index contributed by atoms with van der Waals surface area (Å²) in [7, 11) is 0. The summed E-state index contributed by atoms with van der Waals surface area (Å²) in [5, 5.41) is 0. The number of imidazole rings is 1. The Kier molecular flexibility index (Phi) is 3.27. The molecular weight excluding hydrogens is 163 g/mol. The van der Waals surface area contributed by atoms with E-state index in [9.17, 15) is 0 Å². The quantitative estimate of drug-likeness (QED) is 0.450. The average Bonchev–Trinajstić information content (AvgIpc) is 2.33. The number of aromatic nitrogens is 2. The zero-order valence-corrected chi connectivity index (χ0v) is 9.83. The second-order valence-electron chi connectivity index (χ2n) is 2.37. The van der Waals surface area contributed by atoms with Gasteiger partial charge in [0.05, 0.1) is 0 Å². The molecule has 2 rings (SSSR count). The summed E-state index contributed by atoms with van der Waals surface area (Å²) in [4.78, 5) is 8.12. The van der Waals surface area contributed by atoms with Crippen LogP contribution in [0.3, 0.4) is 0 Å². The first-order chi connectivity index (χ1) is 4.86. The smallest absolute Gasteiger partial charge is 0.443 e. The van der Waals surface area contributed by atoms with E-state index in [1.54, 1.807) is 6.33 Å². The maximum Gasteiger partial charge on any atom is 1.00 e. The van der Waals surface area contributed by atoms with E-state index in [0.717, 1.165) is 11.0 Å². The molecule has 1 aromatic heterocycles. The van der Waals surface area contributed by atoms with E-state index in [1.807, 2.05) is 25.1 Å². The molecule has 1 aromatic carbocycles. The van der Waals surface area contributed by atoms with Gasteiger partial charge in [-0.1, -0.05) is 30.1 Å². The number of hydrogen-bond donors (Lipinski definition) is 0. The van der Waals surface area contributed by atoms with Gasteiger partial charge in [-0.25, -0.2) is 0 Å². The predicted octanol–water partition coefficient (Wildman–Crippen LogP) is -1.50. The van der Waals surface area contributed by atoms with Gasteiger partial charge in [-0.2, -0.15) is 0 Å². The Morgan fingerprint density at radius 3 is 3.00 bits per heavy atom. The Morgan fingerprint density at radius 2 is 2.18 bits per heavy atom. The monoisotopic (exact) mass is 170 g/mol. The zero-order chi connectivity index (χ0) is 6.97. The van der Waals surface area contributed by atoms with Crippen molar-refractivity contribution in [1.82, 2.24) is 9.97 Å². The van der Waals surface area contributed by atoms with E-state index in [0.29, 0.717) is 0 Å². The van der Waals surface area contributed by atoms with E-state index in [-0.39, 0.29) is 51.4 Å². The van der Waals surface area contributed by atoms with Crippen molar-refractivity contribution in [3.63, 3.8) is 0 Å². The van der Waals surface area contributed by atoms with E-state index >= 15 is 0 Å². The van der Waals surface area contributed by atoms with Crippen LogP contribution in [0.15, 0.2) is 24.5 Å². The third-order valence-corrected chi connectivity index (χ3v) is 1.52. The van der Waals surface area contributed by atoms with E-state index < -0.39 is 0 Å². The first-order valence-electron chi connectivity index (χ1n) is 3.20. The van der Waals surface area contributed by atoms with Gasteiger partial charge in [-0.05, 0) is 18.0 Å². The van der Waals surface area contributed by atoms with Crippen LogP contribution in [0.5, 0.6) is 0 Å². The standard InChI is InChI=1S/C8H7N2.K/c1-6-2-3-7-8(4-6)10-5-9-7;/h2-5H,1H3;/q-1;+1. The number of hydrogen-bond acceptors (Lipinski definition) is 1. The minimum atomic E-state index is 0. The van der Waals surface area contributed by atoms with Gasteiger partial charge in [0.15, 0.2) is 0 Å². The third-order valence-electron chi connectivity index (χ3n) is 1.52. The number of benzene rings is 1. The predicted molar refractivity (Wildman–Crippen MR) is 39.8 cm³/mol. The average molecular weight is 170 g/mol. The molecule has 0 aliphatic carbocycles. The molecule has 0 aliphatic rings. The van der Waals surface area contributed by atoms with Crippen LogP contribution in [0.1, 0.15) is 5.56 Å². The summed E-state index contributed by atoms with van der Waals surface area (Å²) in [6.07, 6.45) is 1.59. The third kappa shape index (κ3) is 1.92. The summed E-state index contributed by atoms with van der Waals surface area (Å²) < 4.78 is 0. The number of rotatable bonds is 0. The summed E-state index contributed by atoms with van der Waals surface area (Å²) in [5.41, 5.74) is 3.19. The molecule has 0 radical (unpaired) electrons. The molecule has 0 N–H and O–H groups in total. The van der Waals surface area contributed by atoms with Gasteiger partial charge < -0.3 is 9.97 Å². The van der Waals surface area contributed by atoms with Gasteiger partial charge >= 0.3 is 51.4 Å². The Labute approximate surface area is 108 Å². The maximum absolute atomic E-state index is 4.07. The van der Waals surface area contributed by atoms with Gasteiger partial charge in [0.25, 0.3) is 0 Å². The molecule has 0 atom stereocenters. The first-order valence-corrected chi connectivity index (χ1v) is 3.20. The van der Waals surface area contributed by atoms with Crippen LogP contribution in [-0.4, -0.2) is 4.98 Å². The van der Waals surface area contributed by atoms with Crippen LogP contribution < -0.4 is 56.4 Å².